The number of ether oxygens (including phenoxy) is 1. The highest BCUT2D eigenvalue weighted by molar-refractivity contribution is 6.30. The molecule has 6 heteroatoms. The van der Waals surface area contributed by atoms with Crippen LogP contribution in [-0.2, 0) is 9.59 Å². The summed E-state index contributed by atoms with van der Waals surface area (Å²) < 4.78 is 5.42. The van der Waals surface area contributed by atoms with Crippen molar-refractivity contribution in [2.24, 2.45) is 23.7 Å². The molecule has 5 nitrogen and oxygen atoms in total. The monoisotopic (exact) mass is 393 g/mol. The van der Waals surface area contributed by atoms with Crippen LogP contribution in [0.4, 0.5) is 5.69 Å². The van der Waals surface area contributed by atoms with Gasteiger partial charge in [0.1, 0.15) is 5.75 Å². The molecule has 140 valence electrons. The fourth-order valence-electron chi connectivity index (χ4n) is 4.59. The van der Waals surface area contributed by atoms with Gasteiger partial charge in [0.15, 0.2) is 0 Å². The lowest BCUT2D eigenvalue weighted by Gasteiger charge is -2.18. The molecule has 4 atom stereocenters. The maximum absolute atomic E-state index is 12.9. The van der Waals surface area contributed by atoms with Crippen LogP contribution in [0.2, 0.25) is 5.02 Å². The second kappa shape index (κ2) is 6.31. The third-order valence-electron chi connectivity index (χ3n) is 5.84. The molecule has 1 heterocycles. The molecule has 1 saturated heterocycles. The number of allylic oxidation sites excluding steroid dienone is 2. The number of amides is 2. The van der Waals surface area contributed by atoms with Crippen molar-refractivity contribution in [2.45, 2.75) is 6.42 Å². The number of halogens is 1. The summed E-state index contributed by atoms with van der Waals surface area (Å²) in [4.78, 5) is 39.4. The molecule has 0 unspecified atom stereocenters. The molecule has 0 radical (unpaired) electrons. The number of imide groups is 1. The van der Waals surface area contributed by atoms with E-state index in [9.17, 15) is 14.4 Å². The van der Waals surface area contributed by atoms with Gasteiger partial charge in [-0.15, -0.1) is 0 Å². The van der Waals surface area contributed by atoms with Gasteiger partial charge in [0.05, 0.1) is 23.1 Å². The Balaban J connectivity index is 1.39. The predicted molar refractivity (Wildman–Crippen MR) is 103 cm³/mol. The lowest BCUT2D eigenvalue weighted by atomic mass is 9.85. The van der Waals surface area contributed by atoms with Crippen LogP contribution in [-0.4, -0.2) is 17.8 Å². The van der Waals surface area contributed by atoms with Crippen molar-refractivity contribution in [1.82, 2.24) is 0 Å². The number of anilines is 1. The summed E-state index contributed by atoms with van der Waals surface area (Å²) in [6.45, 7) is 0. The number of hydrogen-bond donors (Lipinski definition) is 0. The number of carbonyl (C=O) groups is 3. The lowest BCUT2D eigenvalue weighted by Crippen LogP contribution is -2.32. The van der Waals surface area contributed by atoms with Crippen LogP contribution in [0.25, 0.3) is 0 Å². The van der Waals surface area contributed by atoms with Crippen LogP contribution in [0.3, 0.4) is 0 Å². The van der Waals surface area contributed by atoms with Gasteiger partial charge in [-0.2, -0.15) is 0 Å². The van der Waals surface area contributed by atoms with Crippen LogP contribution in [0, 0.1) is 23.7 Å². The first kappa shape index (κ1) is 17.2. The van der Waals surface area contributed by atoms with Crippen LogP contribution >= 0.6 is 11.6 Å². The zero-order valence-electron chi connectivity index (χ0n) is 14.7. The fourth-order valence-corrected chi connectivity index (χ4v) is 4.72. The van der Waals surface area contributed by atoms with Gasteiger partial charge in [-0.05, 0) is 54.7 Å². The van der Waals surface area contributed by atoms with Gasteiger partial charge < -0.3 is 4.74 Å². The minimum Gasteiger partial charge on any atom is -0.423 e. The minimum atomic E-state index is -0.535. The van der Waals surface area contributed by atoms with E-state index in [4.69, 9.17) is 16.3 Å². The van der Waals surface area contributed by atoms with Crippen LogP contribution in [0.1, 0.15) is 16.8 Å². The largest absolute Gasteiger partial charge is 0.423 e. The maximum atomic E-state index is 12.9. The molecule has 0 N–H and O–H groups in total. The number of carbonyl (C=O) groups excluding carboxylic acids is 3. The van der Waals surface area contributed by atoms with E-state index in [1.54, 1.807) is 48.5 Å². The molecule has 5 rings (SSSR count). The van der Waals surface area contributed by atoms with Crippen molar-refractivity contribution < 1.29 is 19.1 Å². The van der Waals surface area contributed by atoms with Crippen molar-refractivity contribution in [3.05, 3.63) is 71.3 Å². The fraction of sp³-hybridized carbons (Fsp3) is 0.227. The molecule has 3 aliphatic rings. The third kappa shape index (κ3) is 2.58. The van der Waals surface area contributed by atoms with Gasteiger partial charge in [-0.25, -0.2) is 9.69 Å². The number of hydrogen-bond acceptors (Lipinski definition) is 4. The van der Waals surface area contributed by atoms with Crippen LogP contribution in [0.5, 0.6) is 5.75 Å². The molecule has 2 aromatic rings. The summed E-state index contributed by atoms with van der Waals surface area (Å²) in [5.74, 6) is -0.792. The van der Waals surface area contributed by atoms with Gasteiger partial charge in [-0.1, -0.05) is 29.8 Å². The Bertz CT molecular complexity index is 999. The number of fused-ring (bicyclic) bond motifs is 5. The Morgan fingerprint density at radius 2 is 1.61 bits per heavy atom. The summed E-state index contributed by atoms with van der Waals surface area (Å²) >= 11 is 5.84. The molecule has 0 aromatic heterocycles. The van der Waals surface area contributed by atoms with Crippen molar-refractivity contribution >= 4 is 35.1 Å². The van der Waals surface area contributed by atoms with Gasteiger partial charge >= 0.3 is 5.97 Å². The van der Waals surface area contributed by atoms with E-state index in [1.165, 1.54) is 4.90 Å². The summed E-state index contributed by atoms with van der Waals surface area (Å²) in [6, 6.07) is 12.9. The summed E-state index contributed by atoms with van der Waals surface area (Å²) in [5, 5.41) is 0.526. The second-order valence-corrected chi connectivity index (χ2v) is 7.84. The summed E-state index contributed by atoms with van der Waals surface area (Å²) in [7, 11) is 0. The van der Waals surface area contributed by atoms with E-state index in [0.29, 0.717) is 16.3 Å². The molecular weight excluding hydrogens is 378 g/mol. The molecular formula is C22H16ClNO4. The molecule has 0 spiro atoms. The predicted octanol–water partition coefficient (Wildman–Crippen LogP) is 3.87. The topological polar surface area (TPSA) is 63.7 Å². The molecule has 2 aliphatic carbocycles. The van der Waals surface area contributed by atoms with E-state index < -0.39 is 5.97 Å². The highest BCUT2D eigenvalue weighted by atomic mass is 35.5. The van der Waals surface area contributed by atoms with Crippen molar-refractivity contribution in [3.8, 4) is 5.75 Å². The Kier molecular flexibility index (Phi) is 3.88. The number of benzene rings is 2. The molecule has 2 bridgehead atoms. The molecule has 2 aromatic carbocycles. The van der Waals surface area contributed by atoms with Gasteiger partial charge in [0, 0.05) is 11.1 Å². The molecule has 2 fully saturated rings. The first-order valence-electron chi connectivity index (χ1n) is 9.17. The molecule has 1 saturated carbocycles. The first-order valence-corrected chi connectivity index (χ1v) is 9.54. The van der Waals surface area contributed by atoms with Crippen LogP contribution in [0.15, 0.2) is 60.7 Å². The van der Waals surface area contributed by atoms with Crippen molar-refractivity contribution in [3.63, 3.8) is 0 Å². The molecule has 2 amide bonds. The summed E-state index contributed by atoms with van der Waals surface area (Å²) in [5.41, 5.74) is 0.797. The van der Waals surface area contributed by atoms with Crippen molar-refractivity contribution in [1.29, 1.82) is 0 Å². The standard InChI is InChI=1S/C22H16ClNO4/c23-15-8-6-12(7-9-15)22(27)28-17-3-1-2-16(11-17)24-20(25)18-13-4-5-14(10-13)19(18)21(24)26/h1-9,11,13-14,18-19H,10H2/t13-,14-,18-,19+/m0/s1. The Morgan fingerprint density at radius 1 is 0.964 bits per heavy atom. The average Bonchev–Trinajstić information content (AvgIpc) is 3.36. The van der Waals surface area contributed by atoms with E-state index in [-0.39, 0.29) is 41.2 Å². The molecule has 1 aliphatic heterocycles. The van der Waals surface area contributed by atoms with Crippen LogP contribution < -0.4 is 9.64 Å². The Labute approximate surface area is 166 Å². The number of esters is 1. The van der Waals surface area contributed by atoms with E-state index in [2.05, 4.69) is 12.2 Å². The highest BCUT2D eigenvalue weighted by Gasteiger charge is 2.59. The smallest absolute Gasteiger partial charge is 0.343 e. The Morgan fingerprint density at radius 3 is 2.25 bits per heavy atom. The number of nitrogens with zero attached hydrogens (tertiary/aromatic N) is 1. The average molecular weight is 394 g/mol. The molecule has 28 heavy (non-hydrogen) atoms. The van der Waals surface area contributed by atoms with Gasteiger partial charge in [0.2, 0.25) is 11.8 Å². The minimum absolute atomic E-state index is 0.155. The van der Waals surface area contributed by atoms with E-state index >= 15 is 0 Å². The quantitative estimate of drug-likeness (QED) is 0.343. The highest BCUT2D eigenvalue weighted by Crippen LogP contribution is 2.53. The second-order valence-electron chi connectivity index (χ2n) is 7.41. The third-order valence-corrected chi connectivity index (χ3v) is 6.09. The zero-order valence-corrected chi connectivity index (χ0v) is 15.5. The normalized spacial score (nSPS) is 27.4. The van der Waals surface area contributed by atoms with E-state index in [0.717, 1.165) is 6.42 Å². The zero-order chi connectivity index (χ0) is 19.4. The lowest BCUT2D eigenvalue weighted by molar-refractivity contribution is -0.123. The first-order chi connectivity index (χ1) is 13.5. The maximum Gasteiger partial charge on any atom is 0.343 e. The Hall–Kier alpha value is -2.92. The summed E-state index contributed by atoms with van der Waals surface area (Å²) in [6.07, 6.45) is 5.01. The SMILES string of the molecule is O=C(Oc1cccc(N2C(=O)[C@@H]3[C@H](C2=O)[C@H]2C=C[C@H]3C2)c1)c1ccc(Cl)cc1. The van der Waals surface area contributed by atoms with Gasteiger partial charge in [-0.3, -0.25) is 9.59 Å². The van der Waals surface area contributed by atoms with E-state index in [1.807, 2.05) is 0 Å². The number of rotatable bonds is 3. The van der Waals surface area contributed by atoms with Crippen molar-refractivity contribution in [2.75, 3.05) is 4.90 Å². The van der Waals surface area contributed by atoms with Gasteiger partial charge in [0.25, 0.3) is 0 Å².